The number of fused-ring (bicyclic) bond motifs is 13. The molecule has 0 aromatic heterocycles. The van der Waals surface area contributed by atoms with Gasteiger partial charge in [-0.1, -0.05) is 181 Å². The van der Waals surface area contributed by atoms with Crippen LogP contribution in [0.15, 0.2) is 212 Å². The fraction of sp³-hybridized carbons (Fsp3) is 0.0508. The lowest BCUT2D eigenvalue weighted by atomic mass is 9.65. The maximum atomic E-state index is 7.27. The van der Waals surface area contributed by atoms with E-state index in [1.54, 1.807) is 0 Å². The lowest BCUT2D eigenvalue weighted by Gasteiger charge is -2.40. The molecule has 2 nitrogen and oxygen atoms in total. The molecule has 0 unspecified atom stereocenters. The molecule has 10 aromatic carbocycles. The molecule has 12 rings (SSSR count). The Labute approximate surface area is 356 Å². The number of benzene rings is 10. The Kier molecular flexibility index (Phi) is 7.92. The predicted molar refractivity (Wildman–Crippen MR) is 254 cm³/mol. The first-order valence-corrected chi connectivity index (χ1v) is 21.2. The summed E-state index contributed by atoms with van der Waals surface area (Å²) in [7, 11) is 0. The molecular weight excluding hydrogens is 739 g/mol. The number of aryl methyl sites for hydroxylation is 2. The number of anilines is 3. The van der Waals surface area contributed by atoms with Gasteiger partial charge in [-0.15, -0.1) is 0 Å². The highest BCUT2D eigenvalue weighted by Crippen LogP contribution is 2.64. The SMILES string of the molecule is Cc1ccc2c3c(ccc2c1)C1(c2ccccc2-c2ccc(-c4cccc(N(c5ccccc5)c5ccc(-c6ccccc6)cc5)c4)cc21)c1ccc2cc(C)ccc2c1O3. The van der Waals surface area contributed by atoms with Crippen LogP contribution in [0.4, 0.5) is 17.1 Å². The summed E-state index contributed by atoms with van der Waals surface area (Å²) < 4.78 is 7.27. The summed E-state index contributed by atoms with van der Waals surface area (Å²) in [4.78, 5) is 2.35. The van der Waals surface area contributed by atoms with E-state index < -0.39 is 5.41 Å². The van der Waals surface area contributed by atoms with Gasteiger partial charge < -0.3 is 9.64 Å². The van der Waals surface area contributed by atoms with Crippen molar-refractivity contribution in [2.75, 3.05) is 4.90 Å². The van der Waals surface area contributed by atoms with Crippen LogP contribution in [0.3, 0.4) is 0 Å². The van der Waals surface area contributed by atoms with Gasteiger partial charge >= 0.3 is 0 Å². The number of ether oxygens (including phenoxy) is 1. The van der Waals surface area contributed by atoms with Gasteiger partial charge in [0.1, 0.15) is 11.5 Å². The first kappa shape index (κ1) is 35.3. The van der Waals surface area contributed by atoms with E-state index >= 15 is 0 Å². The van der Waals surface area contributed by atoms with Gasteiger partial charge in [-0.05, 0) is 112 Å². The van der Waals surface area contributed by atoms with E-state index in [2.05, 4.69) is 231 Å². The van der Waals surface area contributed by atoms with Crippen molar-refractivity contribution in [1.29, 1.82) is 0 Å². The summed E-state index contributed by atoms with van der Waals surface area (Å²) in [6.07, 6.45) is 0. The molecule has 0 saturated heterocycles. The third-order valence-electron chi connectivity index (χ3n) is 13.0. The highest BCUT2D eigenvalue weighted by Gasteiger charge is 2.52. The topological polar surface area (TPSA) is 12.5 Å². The summed E-state index contributed by atoms with van der Waals surface area (Å²) in [5, 5.41) is 4.63. The average molecular weight is 780 g/mol. The second-order valence-corrected chi connectivity index (χ2v) is 16.6. The molecule has 0 N–H and O–H groups in total. The average Bonchev–Trinajstić information content (AvgIpc) is 3.59. The van der Waals surface area contributed by atoms with E-state index in [4.69, 9.17) is 4.74 Å². The first-order valence-electron chi connectivity index (χ1n) is 21.2. The molecule has 0 fully saturated rings. The van der Waals surface area contributed by atoms with Crippen LogP contribution in [0.5, 0.6) is 11.5 Å². The Morgan fingerprint density at radius 2 is 0.869 bits per heavy atom. The van der Waals surface area contributed by atoms with Crippen molar-refractivity contribution in [3.05, 3.63) is 246 Å². The largest absolute Gasteiger partial charge is 0.455 e. The van der Waals surface area contributed by atoms with Gasteiger partial charge in [0, 0.05) is 39.0 Å². The smallest absolute Gasteiger partial charge is 0.140 e. The van der Waals surface area contributed by atoms with Crippen LogP contribution in [0.25, 0.3) is 54.9 Å². The van der Waals surface area contributed by atoms with Crippen LogP contribution in [0, 0.1) is 13.8 Å². The van der Waals surface area contributed by atoms with Gasteiger partial charge in [0.15, 0.2) is 0 Å². The highest BCUT2D eigenvalue weighted by atomic mass is 16.5. The van der Waals surface area contributed by atoms with E-state index in [1.807, 2.05) is 0 Å². The third kappa shape index (κ3) is 5.42. The van der Waals surface area contributed by atoms with Gasteiger partial charge in [0.25, 0.3) is 0 Å². The van der Waals surface area contributed by atoms with Gasteiger partial charge in [0.2, 0.25) is 0 Å². The molecule has 1 aliphatic carbocycles. The molecule has 1 heterocycles. The van der Waals surface area contributed by atoms with Crippen LogP contribution in [-0.4, -0.2) is 0 Å². The van der Waals surface area contributed by atoms with Gasteiger partial charge in [-0.2, -0.15) is 0 Å². The van der Waals surface area contributed by atoms with Crippen LogP contribution < -0.4 is 9.64 Å². The molecular formula is C59H41NO. The Morgan fingerprint density at radius 1 is 0.344 bits per heavy atom. The Balaban J connectivity index is 1.07. The molecule has 0 radical (unpaired) electrons. The maximum Gasteiger partial charge on any atom is 0.140 e. The lowest BCUT2D eigenvalue weighted by Crippen LogP contribution is -2.32. The van der Waals surface area contributed by atoms with Crippen molar-refractivity contribution in [1.82, 2.24) is 0 Å². The minimum Gasteiger partial charge on any atom is -0.455 e. The summed E-state index contributed by atoms with van der Waals surface area (Å²) in [6.45, 7) is 4.32. The third-order valence-corrected chi connectivity index (χ3v) is 13.0. The summed E-state index contributed by atoms with van der Waals surface area (Å²) >= 11 is 0. The van der Waals surface area contributed by atoms with Gasteiger partial charge in [-0.25, -0.2) is 0 Å². The fourth-order valence-electron chi connectivity index (χ4n) is 10.2. The zero-order valence-corrected chi connectivity index (χ0v) is 34.1. The first-order chi connectivity index (χ1) is 30.0. The van der Waals surface area contributed by atoms with E-state index in [0.717, 1.165) is 44.9 Å². The number of para-hydroxylation sites is 1. The molecule has 0 atom stereocenters. The maximum absolute atomic E-state index is 7.27. The quantitative estimate of drug-likeness (QED) is 0.172. The molecule has 0 bridgehead atoms. The van der Waals surface area contributed by atoms with Crippen molar-refractivity contribution < 1.29 is 4.74 Å². The highest BCUT2D eigenvalue weighted by molar-refractivity contribution is 6.00. The Hall–Kier alpha value is -7.68. The van der Waals surface area contributed by atoms with Crippen molar-refractivity contribution in [3.63, 3.8) is 0 Å². The van der Waals surface area contributed by atoms with Crippen molar-refractivity contribution >= 4 is 38.6 Å². The minimum atomic E-state index is -0.614. The normalized spacial score (nSPS) is 13.0. The Bertz CT molecular complexity index is 3260. The molecule has 61 heavy (non-hydrogen) atoms. The summed E-state index contributed by atoms with van der Waals surface area (Å²) in [6, 6.07) is 78.0. The van der Waals surface area contributed by atoms with Crippen LogP contribution in [-0.2, 0) is 5.41 Å². The van der Waals surface area contributed by atoms with Crippen LogP contribution in [0.1, 0.15) is 33.4 Å². The molecule has 1 spiro atoms. The number of hydrogen-bond donors (Lipinski definition) is 0. The van der Waals surface area contributed by atoms with Crippen LogP contribution in [0.2, 0.25) is 0 Å². The summed E-state index contributed by atoms with van der Waals surface area (Å²) in [5.41, 5.74) is 17.3. The van der Waals surface area contributed by atoms with E-state index in [9.17, 15) is 0 Å². The van der Waals surface area contributed by atoms with E-state index in [0.29, 0.717) is 0 Å². The minimum absolute atomic E-state index is 0.614. The molecule has 1 aliphatic heterocycles. The standard InChI is InChI=1S/C59H41NO/c1-38-20-29-49-44(34-38)25-32-54-57(49)61-58-50-30-21-39(2)35-45(50)26-33-55(58)59(54)53-19-10-9-18-51(53)52-31-24-43(37-56(52)59)42-14-11-17-48(36-42)60(46-15-7-4-8-16-46)47-27-22-41(23-28-47)40-12-5-3-6-13-40/h3-37H,1-2H3. The van der Waals surface area contributed by atoms with Gasteiger partial charge in [-0.3, -0.25) is 0 Å². The summed E-state index contributed by atoms with van der Waals surface area (Å²) in [5.74, 6) is 1.87. The van der Waals surface area contributed by atoms with Crippen molar-refractivity contribution in [2.24, 2.45) is 0 Å². The second-order valence-electron chi connectivity index (χ2n) is 16.6. The van der Waals surface area contributed by atoms with Crippen LogP contribution >= 0.6 is 0 Å². The number of nitrogens with zero attached hydrogens (tertiary/aromatic N) is 1. The Morgan fingerprint density at radius 3 is 1.56 bits per heavy atom. The van der Waals surface area contributed by atoms with Crippen molar-refractivity contribution in [2.45, 2.75) is 19.3 Å². The zero-order chi connectivity index (χ0) is 40.7. The van der Waals surface area contributed by atoms with Crippen molar-refractivity contribution in [3.8, 4) is 44.9 Å². The van der Waals surface area contributed by atoms with E-state index in [1.165, 1.54) is 72.0 Å². The number of rotatable bonds is 5. The monoisotopic (exact) mass is 779 g/mol. The second kappa shape index (κ2) is 13.7. The molecule has 0 saturated carbocycles. The molecule has 0 amide bonds. The van der Waals surface area contributed by atoms with Gasteiger partial charge in [0.05, 0.1) is 5.41 Å². The fourth-order valence-corrected chi connectivity index (χ4v) is 10.2. The lowest BCUT2D eigenvalue weighted by molar-refractivity contribution is 0.447. The predicted octanol–water partition coefficient (Wildman–Crippen LogP) is 15.9. The molecule has 2 aliphatic rings. The zero-order valence-electron chi connectivity index (χ0n) is 34.1. The van der Waals surface area contributed by atoms with E-state index in [-0.39, 0.29) is 0 Å². The molecule has 288 valence electrons. The molecule has 10 aromatic rings. The molecule has 2 heteroatoms. The number of hydrogen-bond acceptors (Lipinski definition) is 2.